The molecule has 0 fully saturated rings. The van der Waals surface area contributed by atoms with Crippen LogP contribution in [0.3, 0.4) is 0 Å². The van der Waals surface area contributed by atoms with Crippen LogP contribution >= 0.6 is 11.6 Å². The third-order valence-corrected chi connectivity index (χ3v) is 3.40. The van der Waals surface area contributed by atoms with Crippen LogP contribution in [-0.2, 0) is 4.79 Å². The number of anilines is 1. The highest BCUT2D eigenvalue weighted by Crippen LogP contribution is 2.15. The van der Waals surface area contributed by atoms with Gasteiger partial charge in [-0.2, -0.15) is 0 Å². The number of benzene rings is 1. The Hall–Kier alpha value is -2.60. The summed E-state index contributed by atoms with van der Waals surface area (Å²) in [4.78, 5) is 28.2. The van der Waals surface area contributed by atoms with E-state index >= 15 is 0 Å². The monoisotopic (exact) mass is 333 g/mol. The third kappa shape index (κ3) is 4.43. The molecule has 0 saturated carbocycles. The fourth-order valence-electron chi connectivity index (χ4n) is 1.81. The number of carbonyl (C=O) groups is 2. The van der Waals surface area contributed by atoms with Crippen LogP contribution in [0.2, 0.25) is 5.02 Å². The smallest absolute Gasteiger partial charge is 0.253 e. The summed E-state index contributed by atoms with van der Waals surface area (Å²) >= 11 is 5.96. The number of nitrogens with one attached hydrogen (secondary N) is 2. The fourth-order valence-corrected chi connectivity index (χ4v) is 2.03. The molecule has 23 heavy (non-hydrogen) atoms. The largest absolute Gasteiger partial charge is 0.481 e. The topological polar surface area (TPSA) is 80.3 Å². The molecule has 6 nitrogen and oxygen atoms in total. The number of aromatic nitrogens is 1. The summed E-state index contributed by atoms with van der Waals surface area (Å²) in [6.45, 7) is 1.58. The average Bonchev–Trinajstić information content (AvgIpc) is 2.55. The molecule has 1 aromatic carbocycles. The summed E-state index contributed by atoms with van der Waals surface area (Å²) in [5.74, 6) is -0.327. The van der Waals surface area contributed by atoms with Crippen molar-refractivity contribution in [3.05, 3.63) is 53.2 Å². The van der Waals surface area contributed by atoms with Gasteiger partial charge in [-0.15, -0.1) is 0 Å². The van der Waals surface area contributed by atoms with E-state index in [9.17, 15) is 9.59 Å². The van der Waals surface area contributed by atoms with Crippen LogP contribution in [0, 0.1) is 0 Å². The lowest BCUT2D eigenvalue weighted by molar-refractivity contribution is -0.117. The minimum atomic E-state index is -0.735. The molecule has 0 radical (unpaired) electrons. The Balaban J connectivity index is 1.96. The van der Waals surface area contributed by atoms with Gasteiger partial charge in [0.15, 0.2) is 0 Å². The van der Waals surface area contributed by atoms with E-state index in [4.69, 9.17) is 16.3 Å². The third-order valence-electron chi connectivity index (χ3n) is 3.07. The van der Waals surface area contributed by atoms with E-state index in [1.165, 1.54) is 13.3 Å². The predicted octanol–water partition coefficient (Wildman–Crippen LogP) is 2.50. The van der Waals surface area contributed by atoms with Crippen molar-refractivity contribution in [2.24, 2.45) is 0 Å². The highest BCUT2D eigenvalue weighted by atomic mass is 35.5. The minimum absolute atomic E-state index is 0.319. The van der Waals surface area contributed by atoms with Gasteiger partial charge in [0, 0.05) is 6.07 Å². The molecule has 2 rings (SSSR count). The zero-order valence-electron chi connectivity index (χ0n) is 12.7. The first-order valence-corrected chi connectivity index (χ1v) is 7.25. The van der Waals surface area contributed by atoms with Crippen molar-refractivity contribution in [2.45, 2.75) is 13.0 Å². The van der Waals surface area contributed by atoms with Crippen LogP contribution in [0.1, 0.15) is 17.3 Å². The number of carbonyl (C=O) groups excluding carboxylic acids is 2. The Labute approximate surface area is 138 Å². The van der Waals surface area contributed by atoms with E-state index in [0.29, 0.717) is 22.2 Å². The predicted molar refractivity (Wildman–Crippen MR) is 87.8 cm³/mol. The van der Waals surface area contributed by atoms with Gasteiger partial charge in [-0.25, -0.2) is 4.98 Å². The number of halogens is 1. The number of ether oxygens (including phenoxy) is 1. The second-order valence-corrected chi connectivity index (χ2v) is 5.16. The zero-order chi connectivity index (χ0) is 16.8. The van der Waals surface area contributed by atoms with Crippen molar-refractivity contribution >= 4 is 29.1 Å². The second-order valence-electron chi connectivity index (χ2n) is 4.75. The van der Waals surface area contributed by atoms with Gasteiger partial charge in [-0.05, 0) is 25.1 Å². The molecule has 0 spiro atoms. The molecule has 0 bridgehead atoms. The number of amides is 2. The molecular weight excluding hydrogens is 318 g/mol. The van der Waals surface area contributed by atoms with Gasteiger partial charge in [0.05, 0.1) is 29.6 Å². The van der Waals surface area contributed by atoms with Crippen LogP contribution in [0.5, 0.6) is 5.88 Å². The fraction of sp³-hybridized carbons (Fsp3) is 0.188. The van der Waals surface area contributed by atoms with Gasteiger partial charge in [0.2, 0.25) is 11.8 Å². The Kier molecular flexibility index (Phi) is 5.54. The van der Waals surface area contributed by atoms with E-state index in [1.807, 2.05) is 0 Å². The molecule has 1 aromatic heterocycles. The normalized spacial score (nSPS) is 11.4. The van der Waals surface area contributed by atoms with E-state index in [-0.39, 0.29) is 5.91 Å². The van der Waals surface area contributed by atoms with Gasteiger partial charge >= 0.3 is 0 Å². The van der Waals surface area contributed by atoms with Crippen molar-refractivity contribution in [1.29, 1.82) is 0 Å². The molecule has 2 N–H and O–H groups in total. The summed E-state index contributed by atoms with van der Waals surface area (Å²) in [5.41, 5.74) is 0.828. The SMILES string of the molecule is COc1ccc(NC(=O)[C@@H](C)NC(=O)c2ccccc2Cl)cn1. The first-order chi connectivity index (χ1) is 11.0. The van der Waals surface area contributed by atoms with Crippen molar-refractivity contribution in [2.75, 3.05) is 12.4 Å². The standard InChI is InChI=1S/C16H16ClN3O3/c1-10(19-16(22)12-5-3-4-6-13(12)17)15(21)20-11-7-8-14(23-2)18-9-11/h3-10H,1-2H3,(H,19,22)(H,20,21)/t10-/m1/s1. The van der Waals surface area contributed by atoms with E-state index < -0.39 is 11.9 Å². The maximum Gasteiger partial charge on any atom is 0.253 e. The lowest BCUT2D eigenvalue weighted by atomic mass is 10.2. The van der Waals surface area contributed by atoms with Crippen LogP contribution < -0.4 is 15.4 Å². The summed E-state index contributed by atoms with van der Waals surface area (Å²) < 4.78 is 4.94. The number of rotatable bonds is 5. The van der Waals surface area contributed by atoms with Crippen molar-refractivity contribution < 1.29 is 14.3 Å². The lowest BCUT2D eigenvalue weighted by Gasteiger charge is -2.14. The van der Waals surface area contributed by atoms with E-state index in [1.54, 1.807) is 43.3 Å². The van der Waals surface area contributed by atoms with Crippen molar-refractivity contribution in [3.8, 4) is 5.88 Å². The molecule has 1 atom stereocenters. The Morgan fingerprint density at radius 3 is 2.57 bits per heavy atom. The van der Waals surface area contributed by atoms with Crippen LogP contribution in [0.15, 0.2) is 42.6 Å². The Morgan fingerprint density at radius 2 is 1.96 bits per heavy atom. The average molecular weight is 334 g/mol. The van der Waals surface area contributed by atoms with E-state index in [2.05, 4.69) is 15.6 Å². The van der Waals surface area contributed by atoms with Crippen LogP contribution in [-0.4, -0.2) is 29.9 Å². The highest BCUT2D eigenvalue weighted by molar-refractivity contribution is 6.33. The summed E-state index contributed by atoms with van der Waals surface area (Å²) in [6, 6.07) is 9.19. The number of methoxy groups -OCH3 is 1. The Bertz CT molecular complexity index is 704. The van der Waals surface area contributed by atoms with Gasteiger partial charge < -0.3 is 15.4 Å². The number of pyridine rings is 1. The quantitative estimate of drug-likeness (QED) is 0.881. The summed E-state index contributed by atoms with van der Waals surface area (Å²) in [7, 11) is 1.51. The minimum Gasteiger partial charge on any atom is -0.481 e. The molecule has 0 unspecified atom stereocenters. The van der Waals surface area contributed by atoms with E-state index in [0.717, 1.165) is 0 Å². The molecule has 1 heterocycles. The van der Waals surface area contributed by atoms with Gasteiger partial charge in [0.1, 0.15) is 6.04 Å². The van der Waals surface area contributed by atoms with Crippen LogP contribution in [0.25, 0.3) is 0 Å². The van der Waals surface area contributed by atoms with Gasteiger partial charge in [-0.3, -0.25) is 9.59 Å². The number of hydrogen-bond donors (Lipinski definition) is 2. The molecule has 0 saturated heterocycles. The Morgan fingerprint density at radius 1 is 1.22 bits per heavy atom. The number of nitrogens with zero attached hydrogens (tertiary/aromatic N) is 1. The molecule has 7 heteroatoms. The van der Waals surface area contributed by atoms with Gasteiger partial charge in [0.25, 0.3) is 5.91 Å². The van der Waals surface area contributed by atoms with Gasteiger partial charge in [-0.1, -0.05) is 23.7 Å². The summed E-state index contributed by atoms with van der Waals surface area (Å²) in [5, 5.41) is 5.59. The second kappa shape index (κ2) is 7.60. The lowest BCUT2D eigenvalue weighted by Crippen LogP contribution is -2.41. The summed E-state index contributed by atoms with van der Waals surface area (Å²) in [6.07, 6.45) is 1.47. The first kappa shape index (κ1) is 16.8. The molecule has 0 aliphatic rings. The highest BCUT2D eigenvalue weighted by Gasteiger charge is 2.18. The number of hydrogen-bond acceptors (Lipinski definition) is 4. The molecular formula is C16H16ClN3O3. The van der Waals surface area contributed by atoms with Crippen molar-refractivity contribution in [1.82, 2.24) is 10.3 Å². The zero-order valence-corrected chi connectivity index (χ0v) is 13.4. The molecule has 2 amide bonds. The molecule has 0 aliphatic heterocycles. The maximum atomic E-state index is 12.1. The van der Waals surface area contributed by atoms with Crippen molar-refractivity contribution in [3.63, 3.8) is 0 Å². The maximum absolute atomic E-state index is 12.1. The first-order valence-electron chi connectivity index (χ1n) is 6.87. The molecule has 0 aliphatic carbocycles. The van der Waals surface area contributed by atoms with Crippen LogP contribution in [0.4, 0.5) is 5.69 Å². The molecule has 2 aromatic rings. The molecule has 120 valence electrons.